The topological polar surface area (TPSA) is 165 Å². The Bertz CT molecular complexity index is 1210. The highest BCUT2D eigenvalue weighted by Gasteiger charge is 2.36. The van der Waals surface area contributed by atoms with Gasteiger partial charge < -0.3 is 25.7 Å². The van der Waals surface area contributed by atoms with E-state index in [0.717, 1.165) is 11.1 Å². The van der Waals surface area contributed by atoms with Crippen LogP contribution in [0.3, 0.4) is 0 Å². The van der Waals surface area contributed by atoms with E-state index in [2.05, 4.69) is 27.2 Å². The van der Waals surface area contributed by atoms with Gasteiger partial charge >= 0.3 is 5.97 Å². The predicted octanol–water partition coefficient (Wildman–Crippen LogP) is 1.82. The van der Waals surface area contributed by atoms with E-state index in [-0.39, 0.29) is 41.1 Å². The van der Waals surface area contributed by atoms with Crippen molar-refractivity contribution in [3.05, 3.63) is 52.3 Å². The first-order valence-electron chi connectivity index (χ1n) is 11.7. The van der Waals surface area contributed by atoms with Crippen LogP contribution < -0.4 is 21.1 Å². The van der Waals surface area contributed by atoms with E-state index in [1.54, 1.807) is 19.1 Å². The Morgan fingerprint density at radius 2 is 1.86 bits per heavy atom. The number of carbonyl (C=O) groups is 3. The van der Waals surface area contributed by atoms with Crippen LogP contribution in [0.2, 0.25) is 0 Å². The normalized spacial score (nSPS) is 17.3. The standard InChI is InChI=1S/C25H29N5O5.H2O/c1-4-35-24(34)16-9-11-30(12-10-16)25-28-21-20(23(33)29-25)18(13-19(31)27-21)22(32)26-17-7-5-15(6-8-17)14(2)3;/h5-8,16,18H,2,4,9-13H2,1,3H3,(H,26,32)(H2,27,28,29,31,33);1H2. The Balaban J connectivity index is 0.00000361. The minimum Gasteiger partial charge on any atom is -0.466 e. The summed E-state index contributed by atoms with van der Waals surface area (Å²) in [5, 5.41) is 5.42. The molecule has 1 unspecified atom stereocenters. The predicted molar refractivity (Wildman–Crippen MR) is 136 cm³/mol. The molecule has 0 aliphatic carbocycles. The van der Waals surface area contributed by atoms with Crippen LogP contribution in [0.15, 0.2) is 35.6 Å². The molecule has 2 aliphatic heterocycles. The Morgan fingerprint density at radius 3 is 2.47 bits per heavy atom. The summed E-state index contributed by atoms with van der Waals surface area (Å²) in [6.07, 6.45) is 0.986. The average molecular weight is 498 g/mol. The van der Waals surface area contributed by atoms with Gasteiger partial charge in [0.05, 0.1) is 24.0 Å². The number of amides is 2. The SMILES string of the molecule is C=C(C)c1ccc(NC(=O)C2CC(=O)Nc3nc(N4CCC(C(=O)OCC)CC4)[nH]c(=O)c32)cc1.O. The third-order valence-electron chi connectivity index (χ3n) is 6.31. The number of fused-ring (bicyclic) bond motifs is 1. The number of allylic oxidation sites excluding steroid dienone is 1. The monoisotopic (exact) mass is 497 g/mol. The third-order valence-corrected chi connectivity index (χ3v) is 6.31. The van der Waals surface area contributed by atoms with Gasteiger partial charge in [-0.15, -0.1) is 0 Å². The second-order valence-electron chi connectivity index (χ2n) is 8.82. The molecular weight excluding hydrogens is 466 g/mol. The highest BCUT2D eigenvalue weighted by Crippen LogP contribution is 2.31. The number of hydrogen-bond donors (Lipinski definition) is 3. The minimum absolute atomic E-state index is 0. The van der Waals surface area contributed by atoms with Gasteiger partial charge in [-0.1, -0.05) is 24.3 Å². The second kappa shape index (κ2) is 11.2. The highest BCUT2D eigenvalue weighted by molar-refractivity contribution is 6.04. The molecule has 11 nitrogen and oxygen atoms in total. The lowest BCUT2D eigenvalue weighted by Gasteiger charge is -2.32. The van der Waals surface area contributed by atoms with Crippen molar-refractivity contribution < 1.29 is 24.6 Å². The van der Waals surface area contributed by atoms with Crippen LogP contribution in [0, 0.1) is 5.92 Å². The molecule has 1 aromatic carbocycles. The number of hydrogen-bond acceptors (Lipinski definition) is 7. The van der Waals surface area contributed by atoms with Crippen molar-refractivity contribution in [2.45, 2.75) is 39.0 Å². The van der Waals surface area contributed by atoms with Gasteiger partial charge in [0.15, 0.2) is 0 Å². The summed E-state index contributed by atoms with van der Waals surface area (Å²) in [5.74, 6) is -1.83. The number of aromatic amines is 1. The quantitative estimate of drug-likeness (QED) is 0.512. The van der Waals surface area contributed by atoms with E-state index in [9.17, 15) is 19.2 Å². The molecule has 0 bridgehead atoms. The van der Waals surface area contributed by atoms with Crippen molar-refractivity contribution in [3.63, 3.8) is 0 Å². The maximum atomic E-state index is 13.0. The number of rotatable bonds is 6. The summed E-state index contributed by atoms with van der Waals surface area (Å²) in [7, 11) is 0. The largest absolute Gasteiger partial charge is 0.466 e. The molecule has 2 aromatic rings. The molecule has 1 fully saturated rings. The number of H-pyrrole nitrogens is 1. The molecule has 2 aliphatic rings. The number of anilines is 3. The number of nitrogens with one attached hydrogen (secondary N) is 3. The molecule has 0 saturated carbocycles. The Morgan fingerprint density at radius 1 is 1.19 bits per heavy atom. The second-order valence-corrected chi connectivity index (χ2v) is 8.82. The Labute approximate surface area is 208 Å². The molecule has 0 spiro atoms. The molecule has 3 heterocycles. The van der Waals surface area contributed by atoms with Crippen LogP contribution in [-0.2, 0) is 19.1 Å². The van der Waals surface area contributed by atoms with Gasteiger partial charge in [-0.25, -0.2) is 0 Å². The van der Waals surface area contributed by atoms with Crippen LogP contribution in [0.25, 0.3) is 5.57 Å². The van der Waals surface area contributed by atoms with Gasteiger partial charge in [0.1, 0.15) is 5.82 Å². The molecule has 192 valence electrons. The lowest BCUT2D eigenvalue weighted by atomic mass is 9.92. The molecule has 1 saturated heterocycles. The first-order valence-corrected chi connectivity index (χ1v) is 11.7. The van der Waals surface area contributed by atoms with Gasteiger partial charge in [-0.2, -0.15) is 4.98 Å². The first-order chi connectivity index (χ1) is 16.8. The fraction of sp³-hybridized carbons (Fsp3) is 0.400. The highest BCUT2D eigenvalue weighted by atomic mass is 16.5. The van der Waals surface area contributed by atoms with E-state index in [1.165, 1.54) is 0 Å². The molecule has 0 radical (unpaired) electrons. The maximum absolute atomic E-state index is 13.0. The van der Waals surface area contributed by atoms with E-state index >= 15 is 0 Å². The van der Waals surface area contributed by atoms with Crippen LogP contribution in [-0.4, -0.2) is 52.9 Å². The van der Waals surface area contributed by atoms with Crippen molar-refractivity contribution in [2.75, 3.05) is 35.2 Å². The fourth-order valence-electron chi connectivity index (χ4n) is 4.39. The lowest BCUT2D eigenvalue weighted by Crippen LogP contribution is -2.41. The van der Waals surface area contributed by atoms with E-state index in [1.807, 2.05) is 24.0 Å². The van der Waals surface area contributed by atoms with Gasteiger partial charge in [-0.05, 0) is 44.4 Å². The van der Waals surface area contributed by atoms with Crippen molar-refractivity contribution in [2.24, 2.45) is 5.92 Å². The third kappa shape index (κ3) is 5.62. The Hall–Kier alpha value is -3.99. The first kappa shape index (κ1) is 26.6. The maximum Gasteiger partial charge on any atom is 0.309 e. The molecule has 36 heavy (non-hydrogen) atoms. The average Bonchev–Trinajstić information content (AvgIpc) is 2.83. The lowest BCUT2D eigenvalue weighted by molar-refractivity contribution is -0.148. The fourth-order valence-corrected chi connectivity index (χ4v) is 4.39. The van der Waals surface area contributed by atoms with Crippen LogP contribution >= 0.6 is 0 Å². The van der Waals surface area contributed by atoms with Crippen LogP contribution in [0.1, 0.15) is 50.2 Å². The van der Waals surface area contributed by atoms with E-state index < -0.39 is 17.4 Å². The number of benzene rings is 1. The summed E-state index contributed by atoms with van der Waals surface area (Å²) in [4.78, 5) is 59.5. The van der Waals surface area contributed by atoms with Crippen LogP contribution in [0.4, 0.5) is 17.5 Å². The summed E-state index contributed by atoms with van der Waals surface area (Å²) >= 11 is 0. The minimum atomic E-state index is -0.973. The summed E-state index contributed by atoms with van der Waals surface area (Å²) in [6.45, 7) is 8.90. The number of nitrogens with zero attached hydrogens (tertiary/aromatic N) is 2. The van der Waals surface area contributed by atoms with Gasteiger partial charge in [-0.3, -0.25) is 24.2 Å². The molecular formula is C25H31N5O6. The number of ether oxygens (including phenoxy) is 1. The van der Waals surface area contributed by atoms with Crippen molar-refractivity contribution in [3.8, 4) is 0 Å². The van der Waals surface area contributed by atoms with Crippen LogP contribution in [0.5, 0.6) is 0 Å². The van der Waals surface area contributed by atoms with Gasteiger partial charge in [0, 0.05) is 25.2 Å². The molecule has 1 aromatic heterocycles. The van der Waals surface area contributed by atoms with Gasteiger partial charge in [0.2, 0.25) is 17.8 Å². The molecule has 5 N–H and O–H groups in total. The number of esters is 1. The number of piperidine rings is 1. The van der Waals surface area contributed by atoms with E-state index in [0.29, 0.717) is 44.2 Å². The summed E-state index contributed by atoms with van der Waals surface area (Å²) in [6, 6.07) is 7.17. The van der Waals surface area contributed by atoms with Gasteiger partial charge in [0.25, 0.3) is 5.56 Å². The number of aromatic nitrogens is 2. The summed E-state index contributed by atoms with van der Waals surface area (Å²) < 4.78 is 5.10. The zero-order chi connectivity index (χ0) is 25.1. The van der Waals surface area contributed by atoms with Crippen molar-refractivity contribution in [1.29, 1.82) is 0 Å². The zero-order valence-electron chi connectivity index (χ0n) is 20.3. The van der Waals surface area contributed by atoms with E-state index in [4.69, 9.17) is 4.74 Å². The molecule has 4 rings (SSSR count). The molecule has 2 amide bonds. The smallest absolute Gasteiger partial charge is 0.309 e. The van der Waals surface area contributed by atoms with Crippen molar-refractivity contribution >= 4 is 40.8 Å². The molecule has 1 atom stereocenters. The zero-order valence-corrected chi connectivity index (χ0v) is 20.3. The van der Waals surface area contributed by atoms with Crippen molar-refractivity contribution in [1.82, 2.24) is 9.97 Å². The number of carbonyl (C=O) groups excluding carboxylic acids is 3. The summed E-state index contributed by atoms with van der Waals surface area (Å²) in [5.41, 5.74) is 2.06. The molecule has 11 heteroatoms. The Kier molecular flexibility index (Phi) is 8.25.